The molecule has 0 spiro atoms. The van der Waals surface area contributed by atoms with Crippen LogP contribution in [0.4, 0.5) is 0 Å². The third-order valence-corrected chi connectivity index (χ3v) is 6.20. The van der Waals surface area contributed by atoms with Crippen LogP contribution in [0, 0.1) is 6.92 Å². The average Bonchev–Trinajstić information content (AvgIpc) is 3.00. The molecule has 0 unspecified atom stereocenters. The smallest absolute Gasteiger partial charge is 0.340 e. The first-order valence-electron chi connectivity index (χ1n) is 9.77. The first-order valence-corrected chi connectivity index (χ1v) is 11.1. The van der Waals surface area contributed by atoms with Crippen molar-refractivity contribution < 1.29 is 23.3 Å². The van der Waals surface area contributed by atoms with E-state index in [4.69, 9.17) is 9.47 Å². The standard InChI is InChI=1S/C23H25NO5S/c1-5-28-22(25)16-9-12-19-18(13-16)21(23(26)29-6-2)20(24(19)4)14-30(27)17-10-7-15(3)8-11-17/h7-13H,5-6,14H2,1-4H3/t30-/m1/s1. The van der Waals surface area contributed by atoms with Crippen LogP contribution in [0.1, 0.15) is 45.8 Å². The van der Waals surface area contributed by atoms with Crippen molar-refractivity contribution in [3.05, 3.63) is 64.8 Å². The molecule has 0 aliphatic rings. The predicted octanol–water partition coefficient (Wildman–Crippen LogP) is 4.15. The number of carbonyl (C=O) groups excluding carboxylic acids is 2. The number of hydrogen-bond donors (Lipinski definition) is 0. The summed E-state index contributed by atoms with van der Waals surface area (Å²) < 4.78 is 25.2. The van der Waals surface area contributed by atoms with Gasteiger partial charge in [0.2, 0.25) is 0 Å². The van der Waals surface area contributed by atoms with Gasteiger partial charge in [-0.1, -0.05) is 17.7 Å². The van der Waals surface area contributed by atoms with Gasteiger partial charge in [0.1, 0.15) is 0 Å². The molecule has 3 aromatic rings. The Morgan fingerprint density at radius 3 is 2.23 bits per heavy atom. The maximum Gasteiger partial charge on any atom is 0.340 e. The van der Waals surface area contributed by atoms with Crippen LogP contribution >= 0.6 is 0 Å². The Morgan fingerprint density at radius 1 is 0.967 bits per heavy atom. The maximum absolute atomic E-state index is 13.0. The number of aromatic nitrogens is 1. The zero-order chi connectivity index (χ0) is 21.8. The van der Waals surface area contributed by atoms with Gasteiger partial charge in [0, 0.05) is 28.5 Å². The van der Waals surface area contributed by atoms with Crippen molar-refractivity contribution in [3.8, 4) is 0 Å². The minimum atomic E-state index is -1.35. The van der Waals surface area contributed by atoms with E-state index in [9.17, 15) is 13.8 Å². The average molecular weight is 428 g/mol. The summed E-state index contributed by atoms with van der Waals surface area (Å²) in [6.07, 6.45) is 0. The molecule has 6 nitrogen and oxygen atoms in total. The number of esters is 2. The van der Waals surface area contributed by atoms with Gasteiger partial charge >= 0.3 is 11.9 Å². The monoisotopic (exact) mass is 427 g/mol. The molecule has 0 saturated heterocycles. The molecule has 0 radical (unpaired) electrons. The van der Waals surface area contributed by atoms with E-state index in [1.54, 1.807) is 32.0 Å². The molecule has 0 saturated carbocycles. The molecule has 30 heavy (non-hydrogen) atoms. The highest BCUT2D eigenvalue weighted by atomic mass is 32.2. The second-order valence-corrected chi connectivity index (χ2v) is 8.31. The maximum atomic E-state index is 13.0. The van der Waals surface area contributed by atoms with Crippen LogP contribution in [-0.4, -0.2) is 33.9 Å². The first kappa shape index (κ1) is 21.8. The summed E-state index contributed by atoms with van der Waals surface area (Å²) in [6, 6.07) is 12.5. The fraction of sp³-hybridized carbons (Fsp3) is 0.304. The minimum Gasteiger partial charge on any atom is -0.462 e. The van der Waals surface area contributed by atoms with Crippen molar-refractivity contribution in [1.82, 2.24) is 4.57 Å². The number of rotatable bonds is 7. The molecule has 0 aliphatic carbocycles. The van der Waals surface area contributed by atoms with E-state index in [1.807, 2.05) is 42.8 Å². The SMILES string of the molecule is CCOC(=O)c1ccc2c(c1)c(C(=O)OCC)c(C[S@@](=O)c1ccc(C)cc1)n2C. The Balaban J connectivity index is 2.11. The summed E-state index contributed by atoms with van der Waals surface area (Å²) in [7, 11) is 0.468. The van der Waals surface area contributed by atoms with E-state index in [1.165, 1.54) is 0 Å². The van der Waals surface area contributed by atoms with Gasteiger partial charge in [-0.05, 0) is 51.1 Å². The molecule has 3 rings (SSSR count). The van der Waals surface area contributed by atoms with Crippen LogP contribution in [0.3, 0.4) is 0 Å². The molecular formula is C23H25NO5S. The number of nitrogens with zero attached hydrogens (tertiary/aromatic N) is 1. The van der Waals surface area contributed by atoms with Crippen molar-refractivity contribution in [2.24, 2.45) is 7.05 Å². The lowest BCUT2D eigenvalue weighted by Gasteiger charge is -2.08. The quantitative estimate of drug-likeness (QED) is 0.530. The zero-order valence-electron chi connectivity index (χ0n) is 17.6. The van der Waals surface area contributed by atoms with Crippen LogP contribution in [-0.2, 0) is 33.1 Å². The van der Waals surface area contributed by atoms with Crippen LogP contribution in [0.5, 0.6) is 0 Å². The van der Waals surface area contributed by atoms with Crippen LogP contribution in [0.25, 0.3) is 10.9 Å². The lowest BCUT2D eigenvalue weighted by Crippen LogP contribution is -2.11. The molecular weight excluding hydrogens is 402 g/mol. The van der Waals surface area contributed by atoms with E-state index in [2.05, 4.69) is 0 Å². The van der Waals surface area contributed by atoms with Crippen LogP contribution in [0.2, 0.25) is 0 Å². The molecule has 0 bridgehead atoms. The molecule has 7 heteroatoms. The highest BCUT2D eigenvalue weighted by molar-refractivity contribution is 7.84. The molecule has 1 atom stereocenters. The molecule has 1 heterocycles. The van der Waals surface area contributed by atoms with E-state index >= 15 is 0 Å². The fourth-order valence-corrected chi connectivity index (χ4v) is 4.53. The second-order valence-electron chi connectivity index (χ2n) is 6.86. The van der Waals surface area contributed by atoms with Gasteiger partial charge in [-0.15, -0.1) is 0 Å². The third-order valence-electron chi connectivity index (χ3n) is 4.86. The molecule has 0 aliphatic heterocycles. The molecule has 2 aromatic carbocycles. The number of ether oxygens (including phenoxy) is 2. The highest BCUT2D eigenvalue weighted by Gasteiger charge is 2.25. The summed E-state index contributed by atoms with van der Waals surface area (Å²) in [4.78, 5) is 25.7. The van der Waals surface area contributed by atoms with Crippen molar-refractivity contribution in [3.63, 3.8) is 0 Å². The lowest BCUT2D eigenvalue weighted by atomic mass is 10.1. The zero-order valence-corrected chi connectivity index (χ0v) is 18.4. The van der Waals surface area contributed by atoms with Crippen molar-refractivity contribution >= 4 is 33.6 Å². The molecule has 0 fully saturated rings. The number of carbonyl (C=O) groups is 2. The Kier molecular flexibility index (Phi) is 6.72. The largest absolute Gasteiger partial charge is 0.462 e. The second kappa shape index (κ2) is 9.26. The van der Waals surface area contributed by atoms with Gasteiger partial charge in [-0.3, -0.25) is 4.21 Å². The van der Waals surface area contributed by atoms with Crippen LogP contribution < -0.4 is 0 Å². The van der Waals surface area contributed by atoms with Crippen molar-refractivity contribution in [2.75, 3.05) is 13.2 Å². The Morgan fingerprint density at radius 2 is 1.60 bits per heavy atom. The number of fused-ring (bicyclic) bond motifs is 1. The molecule has 158 valence electrons. The third kappa shape index (κ3) is 4.31. The van der Waals surface area contributed by atoms with Crippen molar-refractivity contribution in [2.45, 2.75) is 31.4 Å². The Bertz CT molecular complexity index is 1110. The van der Waals surface area contributed by atoms with Crippen molar-refractivity contribution in [1.29, 1.82) is 0 Å². The first-order chi connectivity index (χ1) is 14.4. The number of hydrogen-bond acceptors (Lipinski definition) is 5. The van der Waals surface area contributed by atoms with Gasteiger partial charge in [0.05, 0.1) is 40.9 Å². The van der Waals surface area contributed by atoms with E-state index in [-0.39, 0.29) is 19.0 Å². The topological polar surface area (TPSA) is 74.6 Å². The lowest BCUT2D eigenvalue weighted by molar-refractivity contribution is 0.0515. The van der Waals surface area contributed by atoms with E-state index in [0.717, 1.165) is 11.1 Å². The van der Waals surface area contributed by atoms with Crippen LogP contribution in [0.15, 0.2) is 47.4 Å². The molecule has 0 amide bonds. The Labute approximate surface area is 178 Å². The van der Waals surface area contributed by atoms with Gasteiger partial charge in [0.25, 0.3) is 0 Å². The fourth-order valence-electron chi connectivity index (χ4n) is 3.34. The summed E-state index contributed by atoms with van der Waals surface area (Å²) in [5.41, 5.74) is 3.12. The van der Waals surface area contributed by atoms with E-state index in [0.29, 0.717) is 27.1 Å². The summed E-state index contributed by atoms with van der Waals surface area (Å²) >= 11 is 0. The molecule has 1 aromatic heterocycles. The van der Waals surface area contributed by atoms with Gasteiger partial charge < -0.3 is 14.0 Å². The summed E-state index contributed by atoms with van der Waals surface area (Å²) in [5, 5.41) is 0.581. The van der Waals surface area contributed by atoms with Gasteiger partial charge in [-0.2, -0.15) is 0 Å². The predicted molar refractivity (Wildman–Crippen MR) is 116 cm³/mol. The van der Waals surface area contributed by atoms with Gasteiger partial charge in [0.15, 0.2) is 0 Å². The summed E-state index contributed by atoms with van der Waals surface area (Å²) in [6.45, 7) is 5.92. The van der Waals surface area contributed by atoms with Gasteiger partial charge in [-0.25, -0.2) is 9.59 Å². The Hall–Kier alpha value is -2.93. The normalized spacial score (nSPS) is 12.0. The molecule has 0 N–H and O–H groups in total. The highest BCUT2D eigenvalue weighted by Crippen LogP contribution is 2.29. The number of aryl methyl sites for hydroxylation is 2. The van der Waals surface area contributed by atoms with E-state index < -0.39 is 22.7 Å². The summed E-state index contributed by atoms with van der Waals surface area (Å²) in [5.74, 6) is -0.806. The number of benzene rings is 2. The minimum absolute atomic E-state index is 0.150.